The summed E-state index contributed by atoms with van der Waals surface area (Å²) < 4.78 is 32.0. The molecule has 2 aromatic carbocycles. The zero-order valence-corrected chi connectivity index (χ0v) is 15.8. The van der Waals surface area contributed by atoms with Crippen molar-refractivity contribution in [3.63, 3.8) is 0 Å². The third-order valence-corrected chi connectivity index (χ3v) is 5.60. The van der Waals surface area contributed by atoms with Crippen molar-refractivity contribution in [1.82, 2.24) is 0 Å². The Hall–Kier alpha value is -2.94. The molecule has 0 saturated carbocycles. The number of nitro benzene ring substituents is 1. The summed E-state index contributed by atoms with van der Waals surface area (Å²) in [7, 11) is -4.22. The van der Waals surface area contributed by atoms with Crippen molar-refractivity contribution in [3.8, 4) is 0 Å². The van der Waals surface area contributed by atoms with Gasteiger partial charge in [-0.3, -0.25) is 19.2 Å². The molecule has 0 atom stereocenters. The molecule has 2 rings (SSSR count). The number of benzene rings is 2. The molecule has 0 radical (unpaired) electrons. The van der Waals surface area contributed by atoms with E-state index in [1.165, 1.54) is 18.2 Å². The van der Waals surface area contributed by atoms with E-state index in [0.29, 0.717) is 0 Å². The lowest BCUT2D eigenvalue weighted by atomic mass is 10.1. The van der Waals surface area contributed by atoms with Crippen LogP contribution in [0.4, 0.5) is 11.4 Å². The summed E-state index contributed by atoms with van der Waals surface area (Å²) in [4.78, 5) is 22.0. The van der Waals surface area contributed by atoms with Gasteiger partial charge in [0.1, 0.15) is 6.54 Å². The molecule has 9 heteroatoms. The molecule has 0 amide bonds. The molecule has 0 N–H and O–H groups in total. The average Bonchev–Trinajstić information content (AvgIpc) is 2.66. The summed E-state index contributed by atoms with van der Waals surface area (Å²) in [6.45, 7) is 3.15. The van der Waals surface area contributed by atoms with Crippen molar-refractivity contribution >= 4 is 27.4 Å². The SMILES string of the molecule is CCOC(=O)CN(c1ccc(CC)cc1)S(=O)(=O)c1cccc([N+](=O)[O-])c1. The van der Waals surface area contributed by atoms with Crippen LogP contribution in [0.1, 0.15) is 19.4 Å². The first kappa shape index (κ1) is 20.4. The second-order valence-electron chi connectivity index (χ2n) is 5.59. The van der Waals surface area contributed by atoms with E-state index >= 15 is 0 Å². The molecule has 0 aliphatic carbocycles. The Bertz CT molecular complexity index is 925. The largest absolute Gasteiger partial charge is 0.465 e. The van der Waals surface area contributed by atoms with Gasteiger partial charge in [0.2, 0.25) is 0 Å². The van der Waals surface area contributed by atoms with Crippen LogP contribution in [0.3, 0.4) is 0 Å². The number of rotatable bonds is 8. The molecule has 0 heterocycles. The maximum atomic E-state index is 13.1. The molecule has 0 aliphatic heterocycles. The number of nitrogens with zero attached hydrogens (tertiary/aromatic N) is 2. The number of anilines is 1. The van der Waals surface area contributed by atoms with Crippen molar-refractivity contribution in [3.05, 3.63) is 64.2 Å². The first-order chi connectivity index (χ1) is 12.8. The molecule has 0 saturated heterocycles. The van der Waals surface area contributed by atoms with Crippen molar-refractivity contribution in [2.24, 2.45) is 0 Å². The third-order valence-electron chi connectivity index (χ3n) is 3.83. The fourth-order valence-electron chi connectivity index (χ4n) is 2.42. The average molecular weight is 392 g/mol. The van der Waals surface area contributed by atoms with Gasteiger partial charge in [-0.2, -0.15) is 0 Å². The number of aryl methyl sites for hydroxylation is 1. The minimum absolute atomic E-state index is 0.109. The van der Waals surface area contributed by atoms with Crippen molar-refractivity contribution < 1.29 is 22.9 Å². The summed E-state index contributed by atoms with van der Waals surface area (Å²) in [5.74, 6) is -0.717. The third kappa shape index (κ3) is 4.82. The van der Waals surface area contributed by atoms with E-state index in [2.05, 4.69) is 0 Å². The van der Waals surface area contributed by atoms with Crippen LogP contribution in [-0.2, 0) is 26.0 Å². The molecule has 0 aromatic heterocycles. The molecule has 27 heavy (non-hydrogen) atoms. The normalized spacial score (nSPS) is 11.0. The van der Waals surface area contributed by atoms with Gasteiger partial charge in [-0.25, -0.2) is 8.42 Å². The smallest absolute Gasteiger partial charge is 0.326 e. The lowest BCUT2D eigenvalue weighted by Crippen LogP contribution is -2.36. The Labute approximate surface area is 157 Å². The van der Waals surface area contributed by atoms with Crippen molar-refractivity contribution in [1.29, 1.82) is 0 Å². The Balaban J connectivity index is 2.51. The van der Waals surface area contributed by atoms with Crippen LogP contribution >= 0.6 is 0 Å². The number of non-ortho nitro benzene ring substituents is 1. The predicted molar refractivity (Wildman–Crippen MR) is 100 cm³/mol. The lowest BCUT2D eigenvalue weighted by Gasteiger charge is -2.23. The van der Waals surface area contributed by atoms with Crippen LogP contribution in [0.15, 0.2) is 53.4 Å². The summed E-state index contributed by atoms with van der Waals surface area (Å²) in [6, 6.07) is 11.4. The van der Waals surface area contributed by atoms with Gasteiger partial charge in [-0.05, 0) is 37.1 Å². The minimum atomic E-state index is -4.22. The molecule has 2 aromatic rings. The Morgan fingerprint density at radius 1 is 1.15 bits per heavy atom. The summed E-state index contributed by atoms with van der Waals surface area (Å²) in [5.41, 5.74) is 0.919. The molecule has 0 fully saturated rings. The van der Waals surface area contributed by atoms with Crippen LogP contribution in [0.5, 0.6) is 0 Å². The monoisotopic (exact) mass is 392 g/mol. The summed E-state index contributed by atoms with van der Waals surface area (Å²) in [5, 5.41) is 11.0. The zero-order chi connectivity index (χ0) is 20.0. The fraction of sp³-hybridized carbons (Fsp3) is 0.278. The highest BCUT2D eigenvalue weighted by molar-refractivity contribution is 7.92. The fourth-order valence-corrected chi connectivity index (χ4v) is 3.87. The summed E-state index contributed by atoms with van der Waals surface area (Å²) in [6.07, 6.45) is 0.774. The van der Waals surface area contributed by atoms with Gasteiger partial charge in [0.25, 0.3) is 15.7 Å². The summed E-state index contributed by atoms with van der Waals surface area (Å²) >= 11 is 0. The van der Waals surface area contributed by atoms with Gasteiger partial charge < -0.3 is 4.74 Å². The number of esters is 1. The second kappa shape index (κ2) is 8.63. The van der Waals surface area contributed by atoms with Crippen LogP contribution in [0.2, 0.25) is 0 Å². The first-order valence-electron chi connectivity index (χ1n) is 8.31. The maximum absolute atomic E-state index is 13.1. The number of ether oxygens (including phenoxy) is 1. The van der Waals surface area contributed by atoms with E-state index in [1.54, 1.807) is 31.2 Å². The van der Waals surface area contributed by atoms with E-state index in [9.17, 15) is 23.3 Å². The van der Waals surface area contributed by atoms with E-state index in [0.717, 1.165) is 22.4 Å². The number of nitro groups is 1. The van der Waals surface area contributed by atoms with E-state index < -0.39 is 27.5 Å². The number of sulfonamides is 1. The minimum Gasteiger partial charge on any atom is -0.465 e. The van der Waals surface area contributed by atoms with Gasteiger partial charge in [0.05, 0.1) is 22.1 Å². The quantitative estimate of drug-likeness (QED) is 0.388. The maximum Gasteiger partial charge on any atom is 0.326 e. The molecule has 0 aliphatic rings. The zero-order valence-electron chi connectivity index (χ0n) is 15.0. The Morgan fingerprint density at radius 2 is 1.81 bits per heavy atom. The van der Waals surface area contributed by atoms with Gasteiger partial charge in [0, 0.05) is 12.1 Å². The number of carbonyl (C=O) groups excluding carboxylic acids is 1. The predicted octanol–water partition coefficient (Wildman–Crippen LogP) is 2.92. The van der Waals surface area contributed by atoms with Crippen LogP contribution < -0.4 is 4.31 Å². The molecule has 0 bridgehead atoms. The van der Waals surface area contributed by atoms with Crippen LogP contribution in [0, 0.1) is 10.1 Å². The topological polar surface area (TPSA) is 107 Å². The van der Waals surface area contributed by atoms with E-state index in [-0.39, 0.29) is 22.9 Å². The van der Waals surface area contributed by atoms with Gasteiger partial charge >= 0.3 is 5.97 Å². The molecule has 144 valence electrons. The standard InChI is InChI=1S/C18H20N2O6S/c1-3-14-8-10-15(11-9-14)19(13-18(21)26-4-2)27(24,25)17-7-5-6-16(12-17)20(22)23/h5-12H,3-4,13H2,1-2H3. The number of carbonyl (C=O) groups is 1. The lowest BCUT2D eigenvalue weighted by molar-refractivity contribution is -0.385. The van der Waals surface area contributed by atoms with E-state index in [1.807, 2.05) is 6.92 Å². The highest BCUT2D eigenvalue weighted by atomic mass is 32.2. The molecular formula is C18H20N2O6S. The molecule has 0 spiro atoms. The van der Waals surface area contributed by atoms with Crippen molar-refractivity contribution in [2.45, 2.75) is 25.2 Å². The van der Waals surface area contributed by atoms with E-state index in [4.69, 9.17) is 4.74 Å². The highest BCUT2D eigenvalue weighted by Gasteiger charge is 2.29. The second-order valence-corrected chi connectivity index (χ2v) is 7.45. The van der Waals surface area contributed by atoms with Crippen molar-refractivity contribution in [2.75, 3.05) is 17.5 Å². The Morgan fingerprint density at radius 3 is 2.37 bits per heavy atom. The number of hydrogen-bond acceptors (Lipinski definition) is 6. The highest BCUT2D eigenvalue weighted by Crippen LogP contribution is 2.26. The molecule has 0 unspecified atom stereocenters. The number of hydrogen-bond donors (Lipinski definition) is 0. The molecular weight excluding hydrogens is 372 g/mol. The van der Waals surface area contributed by atoms with Gasteiger partial charge in [-0.1, -0.05) is 25.1 Å². The first-order valence-corrected chi connectivity index (χ1v) is 9.75. The van der Waals surface area contributed by atoms with Crippen LogP contribution in [-0.4, -0.2) is 32.5 Å². The van der Waals surface area contributed by atoms with Crippen LogP contribution in [0.25, 0.3) is 0 Å². The molecule has 8 nitrogen and oxygen atoms in total. The Kier molecular flexibility index (Phi) is 6.51. The van der Waals surface area contributed by atoms with Gasteiger partial charge in [-0.15, -0.1) is 0 Å². The van der Waals surface area contributed by atoms with Gasteiger partial charge in [0.15, 0.2) is 0 Å².